The molecule has 2 heteroatoms. The van der Waals surface area contributed by atoms with Gasteiger partial charge in [-0.2, -0.15) is 0 Å². The molecular formula is C44H29NS. The van der Waals surface area contributed by atoms with Crippen LogP contribution in [0, 0.1) is 0 Å². The molecule has 0 atom stereocenters. The van der Waals surface area contributed by atoms with Gasteiger partial charge in [0, 0.05) is 31.5 Å². The van der Waals surface area contributed by atoms with Crippen LogP contribution >= 0.6 is 11.3 Å². The minimum atomic E-state index is 1.15. The van der Waals surface area contributed by atoms with Crippen LogP contribution in [-0.2, 0) is 0 Å². The Hall–Kier alpha value is -5.70. The maximum Gasteiger partial charge on any atom is 0.0554 e. The quantitative estimate of drug-likeness (QED) is 0.189. The van der Waals surface area contributed by atoms with Crippen molar-refractivity contribution >= 4 is 70.1 Å². The number of para-hydroxylation sites is 1. The fourth-order valence-corrected chi connectivity index (χ4v) is 7.86. The van der Waals surface area contributed by atoms with E-state index in [2.05, 4.69) is 181 Å². The average Bonchev–Trinajstić information content (AvgIpc) is 3.51. The van der Waals surface area contributed by atoms with Crippen molar-refractivity contribution in [2.75, 3.05) is 4.90 Å². The Kier molecular flexibility index (Phi) is 6.40. The van der Waals surface area contributed by atoms with E-state index in [4.69, 9.17) is 0 Å². The number of fused-ring (bicyclic) bond motifs is 5. The first-order valence-corrected chi connectivity index (χ1v) is 16.5. The molecule has 0 aliphatic rings. The van der Waals surface area contributed by atoms with Gasteiger partial charge in [-0.3, -0.25) is 0 Å². The first-order chi connectivity index (χ1) is 22.8. The molecule has 0 spiro atoms. The second kappa shape index (κ2) is 11.0. The lowest BCUT2D eigenvalue weighted by Crippen LogP contribution is -2.10. The maximum atomic E-state index is 2.41. The molecule has 0 saturated heterocycles. The van der Waals surface area contributed by atoms with Gasteiger partial charge in [-0.1, -0.05) is 115 Å². The molecule has 8 aromatic carbocycles. The molecule has 0 radical (unpaired) electrons. The summed E-state index contributed by atoms with van der Waals surface area (Å²) in [4.78, 5) is 2.41. The Labute approximate surface area is 272 Å². The van der Waals surface area contributed by atoms with E-state index in [1.54, 1.807) is 0 Å². The van der Waals surface area contributed by atoms with Gasteiger partial charge in [0.25, 0.3) is 0 Å². The molecule has 0 N–H and O–H groups in total. The fourth-order valence-electron chi connectivity index (χ4n) is 6.73. The van der Waals surface area contributed by atoms with Gasteiger partial charge in [0.15, 0.2) is 0 Å². The normalized spacial score (nSPS) is 11.5. The highest BCUT2D eigenvalue weighted by atomic mass is 32.1. The number of nitrogens with zero attached hydrogens (tertiary/aromatic N) is 1. The molecule has 0 unspecified atom stereocenters. The first kappa shape index (κ1) is 26.7. The Balaban J connectivity index is 1.14. The molecular weight excluding hydrogens is 575 g/mol. The molecule has 9 rings (SSSR count). The van der Waals surface area contributed by atoms with E-state index >= 15 is 0 Å². The van der Waals surface area contributed by atoms with Crippen LogP contribution in [0.1, 0.15) is 0 Å². The lowest BCUT2D eigenvalue weighted by molar-refractivity contribution is 1.31. The third kappa shape index (κ3) is 4.63. The van der Waals surface area contributed by atoms with E-state index in [1.807, 2.05) is 11.3 Å². The summed E-state index contributed by atoms with van der Waals surface area (Å²) in [6, 6.07) is 64.0. The van der Waals surface area contributed by atoms with Crippen molar-refractivity contribution in [1.29, 1.82) is 0 Å². The lowest BCUT2D eigenvalue weighted by atomic mass is 9.96. The molecule has 0 aliphatic carbocycles. The summed E-state index contributed by atoms with van der Waals surface area (Å²) < 4.78 is 2.62. The largest absolute Gasteiger partial charge is 0.310 e. The van der Waals surface area contributed by atoms with Crippen LogP contribution in [0.25, 0.3) is 64.0 Å². The van der Waals surface area contributed by atoms with Crippen molar-refractivity contribution in [2.24, 2.45) is 0 Å². The zero-order valence-corrected chi connectivity index (χ0v) is 25.9. The third-order valence-electron chi connectivity index (χ3n) is 9.00. The van der Waals surface area contributed by atoms with Gasteiger partial charge in [0.05, 0.1) is 5.69 Å². The van der Waals surface area contributed by atoms with Gasteiger partial charge in [-0.25, -0.2) is 0 Å². The average molecular weight is 604 g/mol. The fraction of sp³-hybridized carbons (Fsp3) is 0. The van der Waals surface area contributed by atoms with Crippen molar-refractivity contribution in [2.45, 2.75) is 0 Å². The molecule has 0 saturated carbocycles. The standard InChI is InChI=1S/C44H29NS/c1-3-10-30(11-4-1)32-20-18-31-19-21-34(28-37(31)27-32)33-22-23-36-29-39(25-24-35(36)26-33)45(38-12-5-2-6-13-38)41-15-9-17-43-44(41)40-14-7-8-16-42(40)46-43/h1-29H. The van der Waals surface area contributed by atoms with Gasteiger partial charge in [0.2, 0.25) is 0 Å². The molecule has 1 nitrogen and oxygen atoms in total. The smallest absolute Gasteiger partial charge is 0.0554 e. The first-order valence-electron chi connectivity index (χ1n) is 15.7. The van der Waals surface area contributed by atoms with Crippen LogP contribution in [-0.4, -0.2) is 0 Å². The van der Waals surface area contributed by atoms with Crippen LogP contribution in [0.4, 0.5) is 17.1 Å². The topological polar surface area (TPSA) is 3.24 Å². The van der Waals surface area contributed by atoms with E-state index in [1.165, 1.54) is 69.7 Å². The Bertz CT molecular complexity index is 2530. The Morgan fingerprint density at radius 2 is 0.935 bits per heavy atom. The summed E-state index contributed by atoms with van der Waals surface area (Å²) >= 11 is 1.86. The number of hydrogen-bond acceptors (Lipinski definition) is 2. The highest BCUT2D eigenvalue weighted by Crippen LogP contribution is 2.45. The van der Waals surface area contributed by atoms with Gasteiger partial charge in [0.1, 0.15) is 0 Å². The molecule has 0 amide bonds. The number of rotatable bonds is 5. The van der Waals surface area contributed by atoms with Crippen molar-refractivity contribution < 1.29 is 0 Å². The second-order valence-corrected chi connectivity index (χ2v) is 12.9. The molecule has 0 fully saturated rings. The summed E-state index contributed by atoms with van der Waals surface area (Å²) in [7, 11) is 0. The van der Waals surface area contributed by atoms with Crippen molar-refractivity contribution in [3.8, 4) is 22.3 Å². The predicted octanol–water partition coefficient (Wildman–Crippen LogP) is 13.2. The van der Waals surface area contributed by atoms with Crippen molar-refractivity contribution in [3.63, 3.8) is 0 Å². The van der Waals surface area contributed by atoms with E-state index in [0.717, 1.165) is 11.4 Å². The predicted molar refractivity (Wildman–Crippen MR) is 200 cm³/mol. The maximum absolute atomic E-state index is 2.41. The van der Waals surface area contributed by atoms with Crippen LogP contribution in [0.15, 0.2) is 176 Å². The molecule has 216 valence electrons. The van der Waals surface area contributed by atoms with Crippen LogP contribution in [0.3, 0.4) is 0 Å². The van der Waals surface area contributed by atoms with E-state index in [9.17, 15) is 0 Å². The summed E-state index contributed by atoms with van der Waals surface area (Å²) in [5.74, 6) is 0. The van der Waals surface area contributed by atoms with E-state index < -0.39 is 0 Å². The number of anilines is 3. The zero-order chi connectivity index (χ0) is 30.5. The minimum Gasteiger partial charge on any atom is -0.310 e. The van der Waals surface area contributed by atoms with E-state index in [-0.39, 0.29) is 0 Å². The van der Waals surface area contributed by atoms with Crippen LogP contribution in [0.5, 0.6) is 0 Å². The molecule has 1 heterocycles. The molecule has 1 aromatic heterocycles. The highest BCUT2D eigenvalue weighted by molar-refractivity contribution is 7.26. The molecule has 0 aliphatic heterocycles. The summed E-state index contributed by atoms with van der Waals surface area (Å²) in [5, 5.41) is 7.55. The Morgan fingerprint density at radius 1 is 0.348 bits per heavy atom. The van der Waals surface area contributed by atoms with E-state index in [0.29, 0.717) is 0 Å². The number of benzene rings is 8. The molecule has 9 aromatic rings. The van der Waals surface area contributed by atoms with Gasteiger partial charge < -0.3 is 4.90 Å². The van der Waals surface area contributed by atoms with Crippen molar-refractivity contribution in [3.05, 3.63) is 176 Å². The van der Waals surface area contributed by atoms with Crippen molar-refractivity contribution in [1.82, 2.24) is 0 Å². The van der Waals surface area contributed by atoms with Crippen LogP contribution in [0.2, 0.25) is 0 Å². The lowest BCUT2D eigenvalue weighted by Gasteiger charge is -2.27. The third-order valence-corrected chi connectivity index (χ3v) is 10.1. The van der Waals surface area contributed by atoms with Gasteiger partial charge in [-0.15, -0.1) is 11.3 Å². The summed E-state index contributed by atoms with van der Waals surface area (Å²) in [6.07, 6.45) is 0. The van der Waals surface area contributed by atoms with Gasteiger partial charge >= 0.3 is 0 Å². The SMILES string of the molecule is c1ccc(-c2ccc3ccc(-c4ccc5cc(N(c6ccccc6)c6cccc7sc8ccccc8c67)ccc5c4)cc3c2)cc1. The summed E-state index contributed by atoms with van der Waals surface area (Å²) in [5.41, 5.74) is 8.42. The monoisotopic (exact) mass is 603 g/mol. The van der Waals surface area contributed by atoms with Crippen LogP contribution < -0.4 is 4.90 Å². The molecule has 0 bridgehead atoms. The summed E-state index contributed by atoms with van der Waals surface area (Å²) in [6.45, 7) is 0. The highest BCUT2D eigenvalue weighted by Gasteiger charge is 2.18. The number of hydrogen-bond donors (Lipinski definition) is 0. The number of thiophene rings is 1. The minimum absolute atomic E-state index is 1.15. The second-order valence-electron chi connectivity index (χ2n) is 11.8. The Morgan fingerprint density at radius 3 is 1.72 bits per heavy atom. The van der Waals surface area contributed by atoms with Gasteiger partial charge in [-0.05, 0) is 104 Å². The zero-order valence-electron chi connectivity index (χ0n) is 25.1. The molecule has 46 heavy (non-hydrogen) atoms.